The maximum atomic E-state index is 12.0. The van der Waals surface area contributed by atoms with Crippen LogP contribution in [0.3, 0.4) is 0 Å². The van der Waals surface area contributed by atoms with E-state index in [0.717, 1.165) is 8.95 Å². The van der Waals surface area contributed by atoms with Crippen LogP contribution < -0.4 is 10.1 Å². The van der Waals surface area contributed by atoms with Crippen LogP contribution >= 0.6 is 43.2 Å². The van der Waals surface area contributed by atoms with Crippen molar-refractivity contribution < 1.29 is 9.53 Å². The SMILES string of the molecule is COc1cc(Br)cc(NC(=O)c2sccc2Br)c1. The number of thiophene rings is 1. The Morgan fingerprint density at radius 3 is 2.72 bits per heavy atom. The molecule has 1 N–H and O–H groups in total. The molecule has 0 radical (unpaired) electrons. The molecular formula is C12H9Br2NO2S. The lowest BCUT2D eigenvalue weighted by Gasteiger charge is -2.07. The van der Waals surface area contributed by atoms with Crippen molar-refractivity contribution in [3.8, 4) is 5.75 Å². The van der Waals surface area contributed by atoms with E-state index < -0.39 is 0 Å². The number of ether oxygens (including phenoxy) is 1. The number of amides is 1. The number of benzene rings is 1. The fraction of sp³-hybridized carbons (Fsp3) is 0.0833. The van der Waals surface area contributed by atoms with Gasteiger partial charge in [0, 0.05) is 20.7 Å². The van der Waals surface area contributed by atoms with Gasteiger partial charge in [-0.3, -0.25) is 4.79 Å². The third-order valence-corrected chi connectivity index (χ3v) is 4.48. The predicted molar refractivity (Wildman–Crippen MR) is 80.7 cm³/mol. The molecule has 0 aliphatic heterocycles. The number of anilines is 1. The summed E-state index contributed by atoms with van der Waals surface area (Å²) in [5.74, 6) is 0.543. The number of carbonyl (C=O) groups is 1. The Bertz CT molecular complexity index is 583. The molecule has 0 spiro atoms. The number of halogens is 2. The summed E-state index contributed by atoms with van der Waals surface area (Å²) in [7, 11) is 1.59. The van der Waals surface area contributed by atoms with Crippen LogP contribution in [0, 0.1) is 0 Å². The molecule has 0 atom stereocenters. The van der Waals surface area contributed by atoms with Crippen LogP contribution in [0.4, 0.5) is 5.69 Å². The van der Waals surface area contributed by atoms with Gasteiger partial charge in [-0.2, -0.15) is 0 Å². The van der Waals surface area contributed by atoms with Crippen LogP contribution in [-0.4, -0.2) is 13.0 Å². The summed E-state index contributed by atoms with van der Waals surface area (Å²) in [6.45, 7) is 0. The van der Waals surface area contributed by atoms with Gasteiger partial charge in [-0.05, 0) is 39.5 Å². The minimum Gasteiger partial charge on any atom is -0.497 e. The first kappa shape index (κ1) is 13.6. The summed E-state index contributed by atoms with van der Waals surface area (Å²) >= 11 is 8.10. The highest BCUT2D eigenvalue weighted by molar-refractivity contribution is 9.10. The van der Waals surface area contributed by atoms with E-state index in [1.807, 2.05) is 23.6 Å². The lowest BCUT2D eigenvalue weighted by Crippen LogP contribution is -2.10. The van der Waals surface area contributed by atoms with Crippen molar-refractivity contribution in [3.05, 3.63) is 43.5 Å². The third-order valence-electron chi connectivity index (χ3n) is 2.19. The molecule has 18 heavy (non-hydrogen) atoms. The van der Waals surface area contributed by atoms with Crippen LogP contribution in [-0.2, 0) is 0 Å². The Morgan fingerprint density at radius 1 is 1.33 bits per heavy atom. The van der Waals surface area contributed by atoms with E-state index in [2.05, 4.69) is 37.2 Å². The third kappa shape index (κ3) is 3.13. The smallest absolute Gasteiger partial charge is 0.266 e. The van der Waals surface area contributed by atoms with E-state index >= 15 is 0 Å². The molecule has 6 heteroatoms. The van der Waals surface area contributed by atoms with Gasteiger partial charge in [-0.15, -0.1) is 11.3 Å². The standard InChI is InChI=1S/C12H9Br2NO2S/c1-17-9-5-7(13)4-8(6-9)15-12(16)11-10(14)2-3-18-11/h2-6H,1H3,(H,15,16). The zero-order valence-electron chi connectivity index (χ0n) is 9.37. The highest BCUT2D eigenvalue weighted by Crippen LogP contribution is 2.27. The van der Waals surface area contributed by atoms with Crippen LogP contribution in [0.15, 0.2) is 38.6 Å². The molecule has 2 aromatic rings. The van der Waals surface area contributed by atoms with E-state index in [-0.39, 0.29) is 5.91 Å². The van der Waals surface area contributed by atoms with Gasteiger partial charge in [0.05, 0.1) is 7.11 Å². The summed E-state index contributed by atoms with van der Waals surface area (Å²) in [4.78, 5) is 12.7. The average molecular weight is 391 g/mol. The number of nitrogens with one attached hydrogen (secondary N) is 1. The van der Waals surface area contributed by atoms with Crippen molar-refractivity contribution in [3.63, 3.8) is 0 Å². The Hall–Kier alpha value is -0.850. The fourth-order valence-electron chi connectivity index (χ4n) is 1.40. The minimum atomic E-state index is -0.142. The Balaban J connectivity index is 2.22. The number of carbonyl (C=O) groups excluding carboxylic acids is 1. The van der Waals surface area contributed by atoms with Crippen molar-refractivity contribution in [1.82, 2.24) is 0 Å². The molecule has 0 saturated carbocycles. The van der Waals surface area contributed by atoms with Crippen LogP contribution in [0.5, 0.6) is 5.75 Å². The molecule has 1 aromatic heterocycles. The van der Waals surface area contributed by atoms with Crippen LogP contribution in [0.25, 0.3) is 0 Å². The molecule has 1 aromatic carbocycles. The van der Waals surface area contributed by atoms with Gasteiger partial charge in [-0.25, -0.2) is 0 Å². The van der Waals surface area contributed by atoms with Gasteiger partial charge in [0.1, 0.15) is 10.6 Å². The summed E-state index contributed by atoms with van der Waals surface area (Å²) < 4.78 is 6.79. The first-order chi connectivity index (χ1) is 8.60. The van der Waals surface area contributed by atoms with Gasteiger partial charge < -0.3 is 10.1 Å². The van der Waals surface area contributed by atoms with E-state index in [4.69, 9.17) is 4.74 Å². The predicted octanol–water partition coefficient (Wildman–Crippen LogP) is 4.53. The van der Waals surface area contributed by atoms with E-state index in [9.17, 15) is 4.79 Å². The first-order valence-corrected chi connectivity index (χ1v) is 7.45. The highest BCUT2D eigenvalue weighted by Gasteiger charge is 2.12. The van der Waals surface area contributed by atoms with Crippen LogP contribution in [0.2, 0.25) is 0 Å². The summed E-state index contributed by atoms with van der Waals surface area (Å²) in [5, 5.41) is 4.69. The van der Waals surface area contributed by atoms with Crippen molar-refractivity contribution in [1.29, 1.82) is 0 Å². The number of rotatable bonds is 3. The topological polar surface area (TPSA) is 38.3 Å². The van der Waals surface area contributed by atoms with Gasteiger partial charge >= 0.3 is 0 Å². The van der Waals surface area contributed by atoms with Gasteiger partial charge in [-0.1, -0.05) is 15.9 Å². The maximum Gasteiger partial charge on any atom is 0.266 e. The lowest BCUT2D eigenvalue weighted by atomic mass is 10.3. The second kappa shape index (κ2) is 5.86. The van der Waals surface area contributed by atoms with Crippen LogP contribution in [0.1, 0.15) is 9.67 Å². The molecule has 1 heterocycles. The monoisotopic (exact) mass is 389 g/mol. The summed E-state index contributed by atoms with van der Waals surface area (Å²) in [6, 6.07) is 7.27. The second-order valence-electron chi connectivity index (χ2n) is 3.43. The maximum absolute atomic E-state index is 12.0. The molecule has 0 saturated heterocycles. The number of methoxy groups -OCH3 is 1. The molecule has 2 rings (SSSR count). The first-order valence-electron chi connectivity index (χ1n) is 4.99. The van der Waals surface area contributed by atoms with Crippen molar-refractivity contribution in [2.75, 3.05) is 12.4 Å². The fourth-order valence-corrected chi connectivity index (χ4v) is 3.32. The molecule has 0 unspecified atom stereocenters. The Morgan fingerprint density at radius 2 is 2.11 bits per heavy atom. The number of hydrogen-bond donors (Lipinski definition) is 1. The summed E-state index contributed by atoms with van der Waals surface area (Å²) in [6.07, 6.45) is 0. The molecule has 1 amide bonds. The normalized spacial score (nSPS) is 10.2. The minimum absolute atomic E-state index is 0.142. The average Bonchev–Trinajstić information content (AvgIpc) is 2.74. The van der Waals surface area contributed by atoms with Gasteiger partial charge in [0.2, 0.25) is 0 Å². The molecule has 94 valence electrons. The van der Waals surface area contributed by atoms with Gasteiger partial charge in [0.25, 0.3) is 5.91 Å². The van der Waals surface area contributed by atoms with E-state index in [1.165, 1.54) is 11.3 Å². The Labute approximate surface area is 125 Å². The highest BCUT2D eigenvalue weighted by atomic mass is 79.9. The second-order valence-corrected chi connectivity index (χ2v) is 6.12. The Kier molecular flexibility index (Phi) is 4.42. The molecule has 0 aliphatic rings. The van der Waals surface area contributed by atoms with Crippen molar-refractivity contribution in [2.45, 2.75) is 0 Å². The zero-order valence-corrected chi connectivity index (χ0v) is 13.4. The summed E-state index contributed by atoms with van der Waals surface area (Å²) in [5.41, 5.74) is 0.687. The van der Waals surface area contributed by atoms with Crippen molar-refractivity contribution >= 4 is 54.8 Å². The van der Waals surface area contributed by atoms with E-state index in [1.54, 1.807) is 13.2 Å². The number of hydrogen-bond acceptors (Lipinski definition) is 3. The quantitative estimate of drug-likeness (QED) is 0.835. The lowest BCUT2D eigenvalue weighted by molar-refractivity contribution is 0.103. The molecule has 3 nitrogen and oxygen atoms in total. The molecule has 0 aliphatic carbocycles. The van der Waals surface area contributed by atoms with Crippen molar-refractivity contribution in [2.24, 2.45) is 0 Å². The van der Waals surface area contributed by atoms with Gasteiger partial charge in [0.15, 0.2) is 0 Å². The zero-order chi connectivity index (χ0) is 13.1. The van der Waals surface area contributed by atoms with E-state index in [0.29, 0.717) is 16.3 Å². The molecule has 0 fully saturated rings. The molecule has 0 bridgehead atoms. The molecular weight excluding hydrogens is 382 g/mol. The largest absolute Gasteiger partial charge is 0.497 e.